The lowest BCUT2D eigenvalue weighted by Gasteiger charge is -2.42. The van der Waals surface area contributed by atoms with Crippen LogP contribution in [0.4, 0.5) is 13.2 Å². The number of rotatable bonds is 5. The number of nitrogens with one attached hydrogen (secondary N) is 1. The van der Waals surface area contributed by atoms with Crippen molar-refractivity contribution in [2.75, 3.05) is 38.5 Å². The van der Waals surface area contributed by atoms with Crippen LogP contribution in [-0.4, -0.2) is 85.3 Å². The standard InChI is InChI=1S/C27H45F3N4O3S/c28-27(29,30)25-24(26(35)32-13-6-1-2-7-14-32)23-18-22(12-17-34(23)31-25)21-10-15-33(16-11-21)38(36,37)19-20-8-4-3-5-9-20/h20-25,31H,1-19H2. The van der Waals surface area contributed by atoms with Gasteiger partial charge in [-0.3, -0.25) is 4.79 Å². The zero-order valence-corrected chi connectivity index (χ0v) is 23.3. The van der Waals surface area contributed by atoms with Gasteiger partial charge in [-0.05, 0) is 69.1 Å². The van der Waals surface area contributed by atoms with Gasteiger partial charge < -0.3 is 4.90 Å². The van der Waals surface area contributed by atoms with Crippen molar-refractivity contribution >= 4 is 15.9 Å². The third kappa shape index (κ3) is 6.36. The molecule has 5 fully saturated rings. The van der Waals surface area contributed by atoms with E-state index in [-0.39, 0.29) is 29.4 Å². The molecule has 4 heterocycles. The largest absolute Gasteiger partial charge is 0.406 e. The molecule has 4 unspecified atom stereocenters. The number of likely N-dealkylation sites (tertiary alicyclic amines) is 1. The molecule has 11 heteroatoms. The van der Waals surface area contributed by atoms with Gasteiger partial charge in [0.1, 0.15) is 6.04 Å². The Morgan fingerprint density at radius 1 is 0.789 bits per heavy atom. The molecule has 5 aliphatic rings. The van der Waals surface area contributed by atoms with Crippen LogP contribution in [0.5, 0.6) is 0 Å². The van der Waals surface area contributed by atoms with Crippen molar-refractivity contribution in [1.82, 2.24) is 19.6 Å². The summed E-state index contributed by atoms with van der Waals surface area (Å²) in [7, 11) is -3.27. The van der Waals surface area contributed by atoms with Gasteiger partial charge in [0.25, 0.3) is 0 Å². The summed E-state index contributed by atoms with van der Waals surface area (Å²) < 4.78 is 70.1. The predicted molar refractivity (Wildman–Crippen MR) is 139 cm³/mol. The number of hydrogen-bond donors (Lipinski definition) is 1. The highest BCUT2D eigenvalue weighted by atomic mass is 32.2. The summed E-state index contributed by atoms with van der Waals surface area (Å²) in [5.74, 6) is -0.441. The van der Waals surface area contributed by atoms with Gasteiger partial charge in [0.15, 0.2) is 0 Å². The van der Waals surface area contributed by atoms with Crippen molar-refractivity contribution in [3.8, 4) is 0 Å². The van der Waals surface area contributed by atoms with E-state index in [4.69, 9.17) is 0 Å². The van der Waals surface area contributed by atoms with Gasteiger partial charge in [-0.25, -0.2) is 23.2 Å². The smallest absolute Gasteiger partial charge is 0.342 e. The molecular formula is C27H45F3N4O3S. The van der Waals surface area contributed by atoms with Gasteiger partial charge in [-0.15, -0.1) is 0 Å². The normalized spacial score (nSPS) is 33.7. The molecular weight excluding hydrogens is 517 g/mol. The van der Waals surface area contributed by atoms with Crippen molar-refractivity contribution in [3.05, 3.63) is 0 Å². The summed E-state index contributed by atoms with van der Waals surface area (Å²) in [4.78, 5) is 15.2. The number of amides is 1. The highest BCUT2D eigenvalue weighted by Gasteiger charge is 2.59. The molecule has 0 spiro atoms. The first-order valence-electron chi connectivity index (χ1n) is 15.0. The quantitative estimate of drug-likeness (QED) is 0.545. The van der Waals surface area contributed by atoms with Crippen LogP contribution in [-0.2, 0) is 14.8 Å². The summed E-state index contributed by atoms with van der Waals surface area (Å²) in [6.45, 7) is 2.59. The average Bonchev–Trinajstić information content (AvgIpc) is 3.08. The molecule has 4 saturated heterocycles. The van der Waals surface area contributed by atoms with E-state index in [1.807, 2.05) is 0 Å². The van der Waals surface area contributed by atoms with Crippen molar-refractivity contribution in [2.24, 2.45) is 23.7 Å². The Kier molecular flexibility index (Phi) is 8.97. The molecule has 7 nitrogen and oxygen atoms in total. The van der Waals surface area contributed by atoms with Gasteiger partial charge in [-0.1, -0.05) is 32.1 Å². The first kappa shape index (κ1) is 28.6. The predicted octanol–water partition coefficient (Wildman–Crippen LogP) is 4.16. The molecule has 1 amide bonds. The van der Waals surface area contributed by atoms with Crippen LogP contribution in [0.25, 0.3) is 0 Å². The number of halogens is 3. The van der Waals surface area contributed by atoms with E-state index in [0.29, 0.717) is 39.1 Å². The zero-order valence-electron chi connectivity index (χ0n) is 22.5. The minimum Gasteiger partial charge on any atom is -0.342 e. The molecule has 0 aromatic rings. The molecule has 38 heavy (non-hydrogen) atoms. The van der Waals surface area contributed by atoms with Crippen LogP contribution in [0.1, 0.15) is 83.5 Å². The summed E-state index contributed by atoms with van der Waals surface area (Å²) in [6, 6.07) is -2.31. The molecule has 0 radical (unpaired) electrons. The van der Waals surface area contributed by atoms with E-state index in [0.717, 1.165) is 70.6 Å². The van der Waals surface area contributed by atoms with E-state index in [1.165, 1.54) is 6.42 Å². The zero-order chi connectivity index (χ0) is 26.9. The minimum absolute atomic E-state index is 0.215. The molecule has 5 rings (SSSR count). The molecule has 0 aromatic heterocycles. The lowest BCUT2D eigenvalue weighted by molar-refractivity contribution is -0.172. The number of alkyl halides is 3. The third-order valence-corrected chi connectivity index (χ3v) is 12.1. The fourth-order valence-electron chi connectivity index (χ4n) is 7.90. The fourth-order valence-corrected chi connectivity index (χ4v) is 9.81. The SMILES string of the molecule is O=C(C1C2CC(C3CCN(S(=O)(=O)CC4CCCCC4)CC3)CCN2NC1C(F)(F)F)N1CCCCCC1. The van der Waals surface area contributed by atoms with E-state index in [1.54, 1.807) is 14.2 Å². The summed E-state index contributed by atoms with van der Waals surface area (Å²) in [5, 5.41) is 1.69. The van der Waals surface area contributed by atoms with Gasteiger partial charge in [0.2, 0.25) is 15.9 Å². The second-order valence-corrected chi connectivity index (χ2v) is 14.5. The number of nitrogens with zero attached hydrogens (tertiary/aromatic N) is 3. The van der Waals surface area contributed by atoms with Gasteiger partial charge in [-0.2, -0.15) is 13.2 Å². The topological polar surface area (TPSA) is 73.0 Å². The first-order chi connectivity index (χ1) is 18.1. The first-order valence-corrected chi connectivity index (χ1v) is 16.6. The van der Waals surface area contributed by atoms with Gasteiger partial charge in [0, 0.05) is 38.8 Å². The van der Waals surface area contributed by atoms with Crippen LogP contribution < -0.4 is 5.43 Å². The Labute approximate surface area is 225 Å². The summed E-state index contributed by atoms with van der Waals surface area (Å²) in [5.41, 5.74) is 2.68. The fraction of sp³-hybridized carbons (Fsp3) is 0.963. The highest BCUT2D eigenvalue weighted by molar-refractivity contribution is 7.89. The van der Waals surface area contributed by atoms with Crippen molar-refractivity contribution in [2.45, 2.75) is 102 Å². The Hall–Kier alpha value is -0.910. The van der Waals surface area contributed by atoms with Gasteiger partial charge >= 0.3 is 6.18 Å². The Balaban J connectivity index is 1.22. The molecule has 1 saturated carbocycles. The summed E-state index contributed by atoms with van der Waals surface area (Å²) in [6.07, 6.45) is 7.52. The number of hydrazine groups is 1. The molecule has 4 atom stereocenters. The van der Waals surface area contributed by atoms with E-state index >= 15 is 0 Å². The molecule has 1 N–H and O–H groups in total. The molecule has 1 aliphatic carbocycles. The van der Waals surface area contributed by atoms with Crippen LogP contribution in [0.3, 0.4) is 0 Å². The average molecular weight is 563 g/mol. The van der Waals surface area contributed by atoms with Crippen molar-refractivity contribution < 1.29 is 26.4 Å². The molecule has 0 bridgehead atoms. The van der Waals surface area contributed by atoms with Gasteiger partial charge in [0.05, 0.1) is 11.7 Å². The van der Waals surface area contributed by atoms with Crippen molar-refractivity contribution in [3.63, 3.8) is 0 Å². The van der Waals surface area contributed by atoms with Crippen LogP contribution in [0.2, 0.25) is 0 Å². The number of sulfonamides is 1. The van der Waals surface area contributed by atoms with Crippen LogP contribution >= 0.6 is 0 Å². The van der Waals surface area contributed by atoms with E-state index in [9.17, 15) is 26.4 Å². The number of carbonyl (C=O) groups is 1. The second kappa shape index (κ2) is 11.9. The number of carbonyl (C=O) groups excluding carboxylic acids is 1. The third-order valence-electron chi connectivity index (χ3n) is 10.0. The monoisotopic (exact) mass is 562 g/mol. The number of hydrogen-bond acceptors (Lipinski definition) is 5. The van der Waals surface area contributed by atoms with E-state index in [2.05, 4.69) is 5.43 Å². The molecule has 4 aliphatic heterocycles. The van der Waals surface area contributed by atoms with E-state index < -0.39 is 34.2 Å². The lowest BCUT2D eigenvalue weighted by atomic mass is 9.74. The Morgan fingerprint density at radius 3 is 2.03 bits per heavy atom. The maximum absolute atomic E-state index is 14.1. The maximum Gasteiger partial charge on any atom is 0.406 e. The maximum atomic E-state index is 14.1. The highest BCUT2D eigenvalue weighted by Crippen LogP contribution is 2.43. The minimum atomic E-state index is -4.49. The number of fused-ring (bicyclic) bond motifs is 1. The van der Waals surface area contributed by atoms with Crippen LogP contribution in [0.15, 0.2) is 0 Å². The Bertz CT molecular complexity index is 911. The molecule has 0 aromatic carbocycles. The second-order valence-electron chi connectivity index (χ2n) is 12.5. The molecule has 218 valence electrons. The summed E-state index contributed by atoms with van der Waals surface area (Å²) >= 11 is 0. The van der Waals surface area contributed by atoms with Crippen molar-refractivity contribution in [1.29, 1.82) is 0 Å². The Morgan fingerprint density at radius 2 is 1.39 bits per heavy atom. The van der Waals surface area contributed by atoms with Crippen LogP contribution in [0, 0.1) is 23.7 Å². The number of piperidine rings is 2. The lowest BCUT2D eigenvalue weighted by Crippen LogP contribution is -2.51.